The third-order valence-corrected chi connectivity index (χ3v) is 3.83. The standard InChI is InChI=1S/C13H24N2O3/c1-8(2)11(12(16)17)14-13(18)15-6-5-9(3)10(4)7-15/h8-11H,5-7H2,1-4H3,(H,14,18)(H,16,17). The summed E-state index contributed by atoms with van der Waals surface area (Å²) in [6.45, 7) is 9.31. The van der Waals surface area contributed by atoms with Crippen LogP contribution in [0.25, 0.3) is 0 Å². The van der Waals surface area contributed by atoms with Crippen molar-refractivity contribution in [1.82, 2.24) is 10.2 Å². The Kier molecular flexibility index (Phi) is 4.99. The van der Waals surface area contributed by atoms with E-state index >= 15 is 0 Å². The van der Waals surface area contributed by atoms with Gasteiger partial charge in [0.05, 0.1) is 0 Å². The summed E-state index contributed by atoms with van der Waals surface area (Å²) in [5.41, 5.74) is 0. The number of carboxylic acid groups (broad SMARTS) is 1. The van der Waals surface area contributed by atoms with Crippen LogP contribution in [0.2, 0.25) is 0 Å². The van der Waals surface area contributed by atoms with Crippen LogP contribution < -0.4 is 5.32 Å². The monoisotopic (exact) mass is 256 g/mol. The van der Waals surface area contributed by atoms with Crippen molar-refractivity contribution in [2.24, 2.45) is 17.8 Å². The van der Waals surface area contributed by atoms with E-state index in [-0.39, 0.29) is 11.9 Å². The average molecular weight is 256 g/mol. The van der Waals surface area contributed by atoms with Crippen molar-refractivity contribution in [1.29, 1.82) is 0 Å². The summed E-state index contributed by atoms with van der Waals surface area (Å²) in [5.74, 6) is -0.00869. The van der Waals surface area contributed by atoms with E-state index < -0.39 is 12.0 Å². The molecule has 0 radical (unpaired) electrons. The molecule has 0 aromatic heterocycles. The smallest absolute Gasteiger partial charge is 0.326 e. The van der Waals surface area contributed by atoms with Crippen LogP contribution in [0.3, 0.4) is 0 Å². The van der Waals surface area contributed by atoms with E-state index in [2.05, 4.69) is 19.2 Å². The minimum absolute atomic E-state index is 0.118. The van der Waals surface area contributed by atoms with Gasteiger partial charge in [-0.15, -0.1) is 0 Å². The van der Waals surface area contributed by atoms with Gasteiger partial charge in [-0.3, -0.25) is 0 Å². The molecule has 0 spiro atoms. The Bertz CT molecular complexity index is 317. The van der Waals surface area contributed by atoms with E-state index in [9.17, 15) is 9.59 Å². The molecule has 5 heteroatoms. The molecule has 3 atom stereocenters. The van der Waals surface area contributed by atoms with E-state index in [1.54, 1.807) is 18.7 Å². The number of carbonyl (C=O) groups is 2. The van der Waals surface area contributed by atoms with Gasteiger partial charge < -0.3 is 15.3 Å². The predicted octanol–water partition coefficient (Wildman–Crippen LogP) is 1.78. The number of hydrogen-bond acceptors (Lipinski definition) is 2. The Labute approximate surface area is 109 Å². The molecule has 1 saturated heterocycles. The Balaban J connectivity index is 2.57. The zero-order chi connectivity index (χ0) is 13.9. The van der Waals surface area contributed by atoms with Crippen LogP contribution >= 0.6 is 0 Å². The molecule has 104 valence electrons. The third kappa shape index (κ3) is 3.62. The lowest BCUT2D eigenvalue weighted by Crippen LogP contribution is -2.53. The second-order valence-electron chi connectivity index (χ2n) is 5.70. The maximum atomic E-state index is 12.0. The number of aliphatic carboxylic acids is 1. The van der Waals surface area contributed by atoms with Crippen LogP contribution in [0.5, 0.6) is 0 Å². The first-order chi connectivity index (χ1) is 8.32. The normalized spacial score (nSPS) is 25.9. The van der Waals surface area contributed by atoms with Crippen molar-refractivity contribution < 1.29 is 14.7 Å². The number of rotatable bonds is 3. The molecule has 1 fully saturated rings. The second kappa shape index (κ2) is 6.07. The number of carboxylic acids is 1. The Morgan fingerprint density at radius 1 is 1.28 bits per heavy atom. The summed E-state index contributed by atoms with van der Waals surface area (Å²) in [6, 6.07) is -1.07. The van der Waals surface area contributed by atoms with Crippen molar-refractivity contribution in [3.63, 3.8) is 0 Å². The number of likely N-dealkylation sites (tertiary alicyclic amines) is 1. The first kappa shape index (κ1) is 14.8. The summed E-state index contributed by atoms with van der Waals surface area (Å²) in [4.78, 5) is 24.8. The van der Waals surface area contributed by atoms with Gasteiger partial charge >= 0.3 is 12.0 Å². The van der Waals surface area contributed by atoms with Crippen molar-refractivity contribution in [3.8, 4) is 0 Å². The van der Waals surface area contributed by atoms with Crippen molar-refractivity contribution in [2.75, 3.05) is 13.1 Å². The molecule has 0 aromatic carbocycles. The zero-order valence-corrected chi connectivity index (χ0v) is 11.6. The van der Waals surface area contributed by atoms with Crippen LogP contribution in [-0.4, -0.2) is 41.1 Å². The van der Waals surface area contributed by atoms with Crippen LogP contribution in [-0.2, 0) is 4.79 Å². The summed E-state index contributed by atoms with van der Waals surface area (Å²) in [5, 5.41) is 11.7. The number of carbonyl (C=O) groups excluding carboxylic acids is 1. The molecule has 5 nitrogen and oxygen atoms in total. The van der Waals surface area contributed by atoms with Crippen LogP contribution in [0.4, 0.5) is 4.79 Å². The summed E-state index contributed by atoms with van der Waals surface area (Å²) in [7, 11) is 0. The van der Waals surface area contributed by atoms with Crippen LogP contribution in [0.15, 0.2) is 0 Å². The maximum Gasteiger partial charge on any atom is 0.326 e. The SMILES string of the molecule is CC(C)C(NC(=O)N1CCC(C)C(C)C1)C(=O)O. The van der Waals surface area contributed by atoms with E-state index in [1.807, 2.05) is 0 Å². The molecule has 1 rings (SSSR count). The number of nitrogens with zero attached hydrogens (tertiary/aromatic N) is 1. The summed E-state index contributed by atoms with van der Waals surface area (Å²) in [6.07, 6.45) is 0.980. The molecule has 3 unspecified atom stereocenters. The second-order valence-corrected chi connectivity index (χ2v) is 5.70. The van der Waals surface area contributed by atoms with Gasteiger partial charge in [0.25, 0.3) is 0 Å². The molecule has 0 aliphatic carbocycles. The van der Waals surface area contributed by atoms with Crippen molar-refractivity contribution >= 4 is 12.0 Å². The highest BCUT2D eigenvalue weighted by Crippen LogP contribution is 2.22. The highest BCUT2D eigenvalue weighted by atomic mass is 16.4. The lowest BCUT2D eigenvalue weighted by molar-refractivity contribution is -0.140. The minimum Gasteiger partial charge on any atom is -0.480 e. The average Bonchev–Trinajstić information content (AvgIpc) is 2.28. The van der Waals surface area contributed by atoms with E-state index in [0.717, 1.165) is 6.42 Å². The molecule has 0 aromatic rings. The number of hydrogen-bond donors (Lipinski definition) is 2. The van der Waals surface area contributed by atoms with Gasteiger partial charge in [-0.2, -0.15) is 0 Å². The molecule has 1 aliphatic heterocycles. The quantitative estimate of drug-likeness (QED) is 0.808. The first-order valence-corrected chi connectivity index (χ1v) is 6.61. The topological polar surface area (TPSA) is 69.6 Å². The molecule has 1 aliphatic rings. The Morgan fingerprint density at radius 3 is 2.33 bits per heavy atom. The predicted molar refractivity (Wildman–Crippen MR) is 69.3 cm³/mol. The van der Waals surface area contributed by atoms with Gasteiger partial charge in [0, 0.05) is 13.1 Å². The Hall–Kier alpha value is -1.26. The molecule has 0 bridgehead atoms. The summed E-state index contributed by atoms with van der Waals surface area (Å²) >= 11 is 0. The third-order valence-electron chi connectivity index (χ3n) is 3.83. The highest BCUT2D eigenvalue weighted by molar-refractivity contribution is 5.82. The number of urea groups is 1. The number of piperidine rings is 1. The fraction of sp³-hybridized carbons (Fsp3) is 0.846. The van der Waals surface area contributed by atoms with Crippen LogP contribution in [0.1, 0.15) is 34.1 Å². The van der Waals surface area contributed by atoms with Gasteiger partial charge in [0.15, 0.2) is 0 Å². The molecule has 2 amide bonds. The summed E-state index contributed by atoms with van der Waals surface area (Å²) < 4.78 is 0. The highest BCUT2D eigenvalue weighted by Gasteiger charge is 2.29. The lowest BCUT2D eigenvalue weighted by Gasteiger charge is -2.36. The van der Waals surface area contributed by atoms with Crippen molar-refractivity contribution in [3.05, 3.63) is 0 Å². The van der Waals surface area contributed by atoms with Crippen molar-refractivity contribution in [2.45, 2.75) is 40.2 Å². The molecule has 2 N–H and O–H groups in total. The van der Waals surface area contributed by atoms with Gasteiger partial charge in [-0.25, -0.2) is 9.59 Å². The molecular weight excluding hydrogens is 232 g/mol. The molecule has 1 heterocycles. The Morgan fingerprint density at radius 2 is 1.89 bits per heavy atom. The fourth-order valence-electron chi connectivity index (χ4n) is 2.19. The fourth-order valence-corrected chi connectivity index (χ4v) is 2.19. The lowest BCUT2D eigenvalue weighted by atomic mass is 9.89. The molecule has 18 heavy (non-hydrogen) atoms. The van der Waals surface area contributed by atoms with E-state index in [1.165, 1.54) is 0 Å². The number of nitrogens with one attached hydrogen (secondary N) is 1. The maximum absolute atomic E-state index is 12.0. The largest absolute Gasteiger partial charge is 0.480 e. The zero-order valence-electron chi connectivity index (χ0n) is 11.6. The molecular formula is C13H24N2O3. The van der Waals surface area contributed by atoms with Gasteiger partial charge in [0.2, 0.25) is 0 Å². The van der Waals surface area contributed by atoms with Crippen LogP contribution in [0, 0.1) is 17.8 Å². The van der Waals surface area contributed by atoms with Gasteiger partial charge in [-0.05, 0) is 24.2 Å². The van der Waals surface area contributed by atoms with E-state index in [4.69, 9.17) is 5.11 Å². The van der Waals surface area contributed by atoms with Gasteiger partial charge in [-0.1, -0.05) is 27.7 Å². The first-order valence-electron chi connectivity index (χ1n) is 6.61. The van der Waals surface area contributed by atoms with E-state index in [0.29, 0.717) is 24.9 Å². The number of amides is 2. The minimum atomic E-state index is -0.975. The van der Waals surface area contributed by atoms with Gasteiger partial charge in [0.1, 0.15) is 6.04 Å². The molecule has 0 saturated carbocycles.